The molecule has 0 saturated carbocycles. The maximum absolute atomic E-state index is 6.27. The monoisotopic (exact) mass is 247 g/mol. The highest BCUT2D eigenvalue weighted by Crippen LogP contribution is 2.28. The summed E-state index contributed by atoms with van der Waals surface area (Å²) in [6.07, 6.45) is 5.07. The molecule has 0 saturated heterocycles. The van der Waals surface area contributed by atoms with Gasteiger partial charge in [0.1, 0.15) is 6.33 Å². The highest BCUT2D eigenvalue weighted by Gasteiger charge is 2.08. The van der Waals surface area contributed by atoms with Gasteiger partial charge in [-0.3, -0.25) is 0 Å². The van der Waals surface area contributed by atoms with E-state index in [0.29, 0.717) is 0 Å². The molecule has 1 aromatic heterocycles. The second kappa shape index (κ2) is 5.25. The summed E-state index contributed by atoms with van der Waals surface area (Å²) in [7, 11) is 1.92. The van der Waals surface area contributed by atoms with Crippen LogP contribution >= 0.6 is 11.6 Å². The first kappa shape index (κ1) is 12.0. The van der Waals surface area contributed by atoms with E-state index in [4.69, 9.17) is 11.6 Å². The predicted octanol–water partition coefficient (Wildman–Crippen LogP) is 3.08. The van der Waals surface area contributed by atoms with Gasteiger partial charge in [0.25, 0.3) is 0 Å². The van der Waals surface area contributed by atoms with Crippen molar-refractivity contribution in [2.75, 3.05) is 7.05 Å². The Hall–Kier alpha value is -1.45. The van der Waals surface area contributed by atoms with Crippen LogP contribution in [0.15, 0.2) is 36.9 Å². The van der Waals surface area contributed by atoms with Gasteiger partial charge in [-0.1, -0.05) is 23.7 Å². The van der Waals surface area contributed by atoms with Crippen LogP contribution in [0.4, 0.5) is 0 Å². The predicted molar refractivity (Wildman–Crippen MR) is 70.0 cm³/mol. The number of aromatic nitrogens is 2. The van der Waals surface area contributed by atoms with Gasteiger partial charge >= 0.3 is 0 Å². The third-order valence-corrected chi connectivity index (χ3v) is 3.12. The van der Waals surface area contributed by atoms with Gasteiger partial charge in [-0.25, -0.2) is 9.97 Å². The molecule has 4 heteroatoms. The third kappa shape index (κ3) is 2.62. The molecular weight excluding hydrogens is 234 g/mol. The molecule has 0 bridgehead atoms. The van der Waals surface area contributed by atoms with E-state index in [2.05, 4.69) is 22.2 Å². The molecule has 0 fully saturated rings. The quantitative estimate of drug-likeness (QED) is 0.906. The molecule has 0 aliphatic rings. The molecule has 88 valence electrons. The lowest BCUT2D eigenvalue weighted by atomic mass is 10.0. The van der Waals surface area contributed by atoms with Crippen molar-refractivity contribution < 1.29 is 0 Å². The van der Waals surface area contributed by atoms with Gasteiger partial charge in [-0.05, 0) is 31.2 Å². The van der Waals surface area contributed by atoms with Crippen LogP contribution in [0.3, 0.4) is 0 Å². The minimum Gasteiger partial charge on any atom is -0.313 e. The van der Waals surface area contributed by atoms with E-state index in [1.807, 2.05) is 25.2 Å². The second-order valence-electron chi connectivity index (χ2n) is 3.87. The zero-order valence-electron chi connectivity index (χ0n) is 9.81. The molecule has 2 aromatic rings. The average Bonchev–Trinajstić information content (AvgIpc) is 2.39. The Bertz CT molecular complexity index is 499. The Labute approximate surface area is 106 Å². The van der Waals surface area contributed by atoms with Gasteiger partial charge in [0.15, 0.2) is 0 Å². The maximum Gasteiger partial charge on any atom is 0.115 e. The van der Waals surface area contributed by atoms with E-state index in [-0.39, 0.29) is 6.04 Å². The van der Waals surface area contributed by atoms with E-state index < -0.39 is 0 Å². The fourth-order valence-electron chi connectivity index (χ4n) is 1.66. The lowest BCUT2D eigenvalue weighted by Crippen LogP contribution is -2.12. The van der Waals surface area contributed by atoms with Crippen molar-refractivity contribution in [2.45, 2.75) is 13.0 Å². The molecule has 3 nitrogen and oxygen atoms in total. The van der Waals surface area contributed by atoms with Gasteiger partial charge in [0.05, 0.1) is 0 Å². The average molecular weight is 248 g/mol. The molecule has 1 heterocycles. The van der Waals surface area contributed by atoms with Gasteiger partial charge in [-0.2, -0.15) is 0 Å². The summed E-state index contributed by atoms with van der Waals surface area (Å²) < 4.78 is 0. The SMILES string of the molecule is CNC(C)c1ccc(-c2cncnc2)cc1Cl. The lowest BCUT2D eigenvalue weighted by Gasteiger charge is -2.13. The fraction of sp³-hybridized carbons (Fsp3) is 0.231. The van der Waals surface area contributed by atoms with Crippen molar-refractivity contribution >= 4 is 11.6 Å². The van der Waals surface area contributed by atoms with Crippen molar-refractivity contribution in [3.8, 4) is 11.1 Å². The number of nitrogens with zero attached hydrogens (tertiary/aromatic N) is 2. The number of nitrogens with one attached hydrogen (secondary N) is 1. The number of hydrogen-bond acceptors (Lipinski definition) is 3. The Morgan fingerprint density at radius 2 is 1.88 bits per heavy atom. The van der Waals surface area contributed by atoms with Gasteiger partial charge in [-0.15, -0.1) is 0 Å². The Morgan fingerprint density at radius 3 is 2.47 bits per heavy atom. The van der Waals surface area contributed by atoms with Crippen LogP contribution in [-0.2, 0) is 0 Å². The number of rotatable bonds is 3. The summed E-state index contributed by atoms with van der Waals surface area (Å²) in [5, 5.41) is 3.93. The summed E-state index contributed by atoms with van der Waals surface area (Å²) in [5.41, 5.74) is 3.09. The van der Waals surface area contributed by atoms with Crippen LogP contribution in [0.5, 0.6) is 0 Å². The first-order chi connectivity index (χ1) is 8.22. The highest BCUT2D eigenvalue weighted by atomic mass is 35.5. The molecular formula is C13H14ClN3. The Morgan fingerprint density at radius 1 is 1.18 bits per heavy atom. The first-order valence-corrected chi connectivity index (χ1v) is 5.82. The van der Waals surface area contributed by atoms with Crippen molar-refractivity contribution in [1.82, 2.24) is 15.3 Å². The number of benzene rings is 1. The van der Waals surface area contributed by atoms with Crippen molar-refractivity contribution in [2.24, 2.45) is 0 Å². The zero-order valence-corrected chi connectivity index (χ0v) is 10.6. The molecule has 0 amide bonds. The van der Waals surface area contributed by atoms with E-state index in [9.17, 15) is 0 Å². The smallest absolute Gasteiger partial charge is 0.115 e. The normalized spacial score (nSPS) is 12.4. The third-order valence-electron chi connectivity index (χ3n) is 2.79. The molecule has 0 radical (unpaired) electrons. The summed E-state index contributed by atoms with van der Waals surface area (Å²) >= 11 is 6.27. The zero-order chi connectivity index (χ0) is 12.3. The first-order valence-electron chi connectivity index (χ1n) is 5.44. The van der Waals surface area contributed by atoms with Crippen molar-refractivity contribution in [3.63, 3.8) is 0 Å². The molecule has 0 spiro atoms. The molecule has 0 aliphatic heterocycles. The van der Waals surface area contributed by atoms with Crippen LogP contribution in [0, 0.1) is 0 Å². The highest BCUT2D eigenvalue weighted by molar-refractivity contribution is 6.31. The molecule has 1 aromatic carbocycles. The van der Waals surface area contributed by atoms with Crippen LogP contribution in [0.25, 0.3) is 11.1 Å². The number of hydrogen-bond donors (Lipinski definition) is 1. The second-order valence-corrected chi connectivity index (χ2v) is 4.28. The van der Waals surface area contributed by atoms with Crippen LogP contribution < -0.4 is 5.32 Å². The largest absolute Gasteiger partial charge is 0.313 e. The van der Waals surface area contributed by atoms with Gasteiger partial charge in [0.2, 0.25) is 0 Å². The van der Waals surface area contributed by atoms with E-state index in [1.54, 1.807) is 12.4 Å². The molecule has 1 atom stereocenters. The van der Waals surface area contributed by atoms with Crippen molar-refractivity contribution in [3.05, 3.63) is 47.5 Å². The van der Waals surface area contributed by atoms with E-state index in [1.165, 1.54) is 6.33 Å². The molecule has 0 aliphatic carbocycles. The standard InChI is InChI=1S/C13H14ClN3/c1-9(15-2)12-4-3-10(5-13(12)14)11-6-16-8-17-7-11/h3-9,15H,1-2H3. The maximum atomic E-state index is 6.27. The Balaban J connectivity index is 2.38. The lowest BCUT2D eigenvalue weighted by molar-refractivity contribution is 0.652. The van der Waals surface area contributed by atoms with Crippen LogP contribution in [0.2, 0.25) is 5.02 Å². The number of halogens is 1. The van der Waals surface area contributed by atoms with Gasteiger partial charge in [0, 0.05) is 29.0 Å². The fourth-order valence-corrected chi connectivity index (χ4v) is 2.01. The van der Waals surface area contributed by atoms with Crippen LogP contribution in [-0.4, -0.2) is 17.0 Å². The van der Waals surface area contributed by atoms with E-state index in [0.717, 1.165) is 21.7 Å². The molecule has 17 heavy (non-hydrogen) atoms. The minimum absolute atomic E-state index is 0.239. The topological polar surface area (TPSA) is 37.8 Å². The van der Waals surface area contributed by atoms with Gasteiger partial charge < -0.3 is 5.32 Å². The van der Waals surface area contributed by atoms with Crippen molar-refractivity contribution in [1.29, 1.82) is 0 Å². The summed E-state index contributed by atoms with van der Waals surface area (Å²) in [6, 6.07) is 6.26. The summed E-state index contributed by atoms with van der Waals surface area (Å²) in [4.78, 5) is 8.00. The molecule has 2 rings (SSSR count). The summed E-state index contributed by atoms with van der Waals surface area (Å²) in [6.45, 7) is 2.08. The minimum atomic E-state index is 0.239. The molecule has 1 unspecified atom stereocenters. The molecule has 1 N–H and O–H groups in total. The Kier molecular flexibility index (Phi) is 3.71. The van der Waals surface area contributed by atoms with Crippen LogP contribution in [0.1, 0.15) is 18.5 Å². The van der Waals surface area contributed by atoms with E-state index >= 15 is 0 Å². The summed E-state index contributed by atoms with van der Waals surface area (Å²) in [5.74, 6) is 0.